The van der Waals surface area contributed by atoms with E-state index in [-0.39, 0.29) is 22.0 Å². The van der Waals surface area contributed by atoms with Crippen LogP contribution in [0.25, 0.3) is 10.9 Å². The Labute approximate surface area is 162 Å². The van der Waals surface area contributed by atoms with Crippen molar-refractivity contribution in [2.24, 2.45) is 0 Å². The van der Waals surface area contributed by atoms with Crippen LogP contribution in [0.5, 0.6) is 0 Å². The molecule has 3 aromatic rings. The molecule has 0 fully saturated rings. The van der Waals surface area contributed by atoms with Crippen LogP contribution in [-0.4, -0.2) is 28.4 Å². The highest BCUT2D eigenvalue weighted by atomic mass is 35.5. The van der Waals surface area contributed by atoms with Crippen molar-refractivity contribution in [3.05, 3.63) is 79.6 Å². The second-order valence-electron chi connectivity index (χ2n) is 5.64. The Morgan fingerprint density at radius 1 is 1.18 bits per heavy atom. The molecule has 1 aromatic heterocycles. The molecule has 0 saturated heterocycles. The Morgan fingerprint density at radius 2 is 1.93 bits per heavy atom. The van der Waals surface area contributed by atoms with E-state index in [1.165, 1.54) is 12.1 Å². The van der Waals surface area contributed by atoms with Gasteiger partial charge in [0.05, 0.1) is 10.5 Å². The molecular formula is C18H12ClN3O6. The SMILES string of the molecule is O=C(COC(=O)c1cc(=O)[nH]c2ccccc12)Nc1cc(Cl)ccc1[N+](=O)[O-]. The highest BCUT2D eigenvalue weighted by Crippen LogP contribution is 2.27. The van der Waals surface area contributed by atoms with Gasteiger partial charge in [0.2, 0.25) is 5.56 Å². The number of pyridine rings is 1. The van der Waals surface area contributed by atoms with Crippen LogP contribution in [-0.2, 0) is 9.53 Å². The molecule has 2 N–H and O–H groups in total. The smallest absolute Gasteiger partial charge is 0.339 e. The van der Waals surface area contributed by atoms with E-state index in [9.17, 15) is 24.5 Å². The van der Waals surface area contributed by atoms with Crippen LogP contribution in [0.1, 0.15) is 10.4 Å². The standard InChI is InChI=1S/C18H12ClN3O6/c19-10-5-6-15(22(26)27)14(7-10)21-17(24)9-28-18(25)12-8-16(23)20-13-4-2-1-3-11(12)13/h1-8H,9H2,(H,20,23)(H,21,24). The Balaban J connectivity index is 1.74. The Bertz CT molecular complexity index is 1160. The number of hydrogen-bond acceptors (Lipinski definition) is 6. The summed E-state index contributed by atoms with van der Waals surface area (Å²) < 4.78 is 4.95. The highest BCUT2D eigenvalue weighted by Gasteiger charge is 2.18. The van der Waals surface area contributed by atoms with Gasteiger partial charge in [0, 0.05) is 28.1 Å². The molecule has 0 bridgehead atoms. The van der Waals surface area contributed by atoms with E-state index in [0.29, 0.717) is 10.9 Å². The Morgan fingerprint density at radius 3 is 2.68 bits per heavy atom. The number of ether oxygens (including phenoxy) is 1. The average molecular weight is 402 g/mol. The molecule has 142 valence electrons. The van der Waals surface area contributed by atoms with Gasteiger partial charge in [0.15, 0.2) is 6.61 Å². The highest BCUT2D eigenvalue weighted by molar-refractivity contribution is 6.31. The number of aromatic nitrogens is 1. The van der Waals surface area contributed by atoms with Crippen molar-refractivity contribution < 1.29 is 19.2 Å². The summed E-state index contributed by atoms with van der Waals surface area (Å²) >= 11 is 5.79. The van der Waals surface area contributed by atoms with Gasteiger partial charge >= 0.3 is 5.97 Å². The topological polar surface area (TPSA) is 131 Å². The van der Waals surface area contributed by atoms with Crippen molar-refractivity contribution in [3.63, 3.8) is 0 Å². The first-order valence-electron chi connectivity index (χ1n) is 7.88. The van der Waals surface area contributed by atoms with Crippen molar-refractivity contribution in [2.45, 2.75) is 0 Å². The van der Waals surface area contributed by atoms with Gasteiger partial charge in [-0.05, 0) is 18.2 Å². The monoisotopic (exact) mass is 401 g/mol. The van der Waals surface area contributed by atoms with E-state index in [1.54, 1.807) is 24.3 Å². The second kappa shape index (κ2) is 7.89. The van der Waals surface area contributed by atoms with Crippen molar-refractivity contribution in [1.82, 2.24) is 4.98 Å². The van der Waals surface area contributed by atoms with Crippen LogP contribution in [0.4, 0.5) is 11.4 Å². The van der Waals surface area contributed by atoms with Crippen molar-refractivity contribution in [3.8, 4) is 0 Å². The lowest BCUT2D eigenvalue weighted by Gasteiger charge is -2.09. The lowest BCUT2D eigenvalue weighted by atomic mass is 10.1. The van der Waals surface area contributed by atoms with E-state index in [0.717, 1.165) is 12.1 Å². The van der Waals surface area contributed by atoms with Crippen LogP contribution in [0.3, 0.4) is 0 Å². The number of anilines is 1. The maximum absolute atomic E-state index is 12.3. The third-order valence-corrected chi connectivity index (χ3v) is 3.97. The predicted molar refractivity (Wildman–Crippen MR) is 102 cm³/mol. The van der Waals surface area contributed by atoms with Crippen LogP contribution in [0, 0.1) is 10.1 Å². The summed E-state index contributed by atoms with van der Waals surface area (Å²) in [5.74, 6) is -1.68. The summed E-state index contributed by atoms with van der Waals surface area (Å²) in [7, 11) is 0. The molecule has 0 aliphatic heterocycles. The first kappa shape index (κ1) is 19.1. The quantitative estimate of drug-likeness (QED) is 0.384. The lowest BCUT2D eigenvalue weighted by Crippen LogP contribution is -2.22. The molecule has 2 aromatic carbocycles. The number of para-hydroxylation sites is 1. The largest absolute Gasteiger partial charge is 0.452 e. The number of carbonyl (C=O) groups is 2. The summed E-state index contributed by atoms with van der Waals surface area (Å²) in [6.45, 7) is -0.705. The molecule has 0 aliphatic rings. The molecule has 10 heteroatoms. The summed E-state index contributed by atoms with van der Waals surface area (Å²) in [6.07, 6.45) is 0. The molecule has 0 atom stereocenters. The lowest BCUT2D eigenvalue weighted by molar-refractivity contribution is -0.383. The van der Waals surface area contributed by atoms with Crippen molar-refractivity contribution in [2.75, 3.05) is 11.9 Å². The molecule has 3 rings (SSSR count). The molecule has 9 nitrogen and oxygen atoms in total. The molecule has 1 amide bonds. The minimum Gasteiger partial charge on any atom is -0.452 e. The number of fused-ring (bicyclic) bond motifs is 1. The number of carbonyl (C=O) groups excluding carboxylic acids is 2. The number of H-pyrrole nitrogens is 1. The maximum Gasteiger partial charge on any atom is 0.339 e. The predicted octanol–water partition coefficient (Wildman–Crippen LogP) is 2.89. The number of nitro groups is 1. The van der Waals surface area contributed by atoms with E-state index in [2.05, 4.69) is 10.3 Å². The van der Waals surface area contributed by atoms with Gasteiger partial charge in [0.1, 0.15) is 5.69 Å². The zero-order chi connectivity index (χ0) is 20.3. The van der Waals surface area contributed by atoms with Gasteiger partial charge in [-0.3, -0.25) is 19.7 Å². The normalized spacial score (nSPS) is 10.5. The summed E-state index contributed by atoms with van der Waals surface area (Å²) in [4.78, 5) is 49.0. The van der Waals surface area contributed by atoms with E-state index >= 15 is 0 Å². The van der Waals surface area contributed by atoms with Crippen LogP contribution in [0.2, 0.25) is 5.02 Å². The summed E-state index contributed by atoms with van der Waals surface area (Å²) in [5.41, 5.74) is -0.531. The second-order valence-corrected chi connectivity index (χ2v) is 6.07. The Kier molecular flexibility index (Phi) is 5.37. The van der Waals surface area contributed by atoms with Gasteiger partial charge in [-0.15, -0.1) is 0 Å². The van der Waals surface area contributed by atoms with E-state index in [4.69, 9.17) is 16.3 Å². The van der Waals surface area contributed by atoms with Crippen LogP contribution in [0.15, 0.2) is 53.3 Å². The number of benzene rings is 2. The molecule has 28 heavy (non-hydrogen) atoms. The van der Waals surface area contributed by atoms with Gasteiger partial charge in [-0.1, -0.05) is 29.8 Å². The fraction of sp³-hybridized carbons (Fsp3) is 0.0556. The molecule has 0 saturated carbocycles. The van der Waals surface area contributed by atoms with Crippen molar-refractivity contribution in [1.29, 1.82) is 0 Å². The molecule has 0 spiro atoms. The number of nitro benzene ring substituents is 1. The number of nitrogens with one attached hydrogen (secondary N) is 2. The first-order valence-corrected chi connectivity index (χ1v) is 8.26. The number of nitrogens with zero attached hydrogens (tertiary/aromatic N) is 1. The average Bonchev–Trinajstić information content (AvgIpc) is 2.65. The van der Waals surface area contributed by atoms with E-state index < -0.39 is 29.0 Å². The fourth-order valence-corrected chi connectivity index (χ4v) is 2.71. The minimum absolute atomic E-state index is 0.000820. The Hall–Kier alpha value is -3.72. The van der Waals surface area contributed by atoms with Gasteiger partial charge in [0.25, 0.3) is 11.6 Å². The molecule has 0 radical (unpaired) electrons. The summed E-state index contributed by atoms with van der Waals surface area (Å²) in [5, 5.41) is 13.9. The van der Waals surface area contributed by atoms with Gasteiger partial charge in [-0.25, -0.2) is 4.79 Å². The number of esters is 1. The molecule has 0 aliphatic carbocycles. The van der Waals surface area contributed by atoms with Gasteiger partial charge < -0.3 is 15.0 Å². The summed E-state index contributed by atoms with van der Waals surface area (Å²) in [6, 6.07) is 11.4. The number of halogens is 1. The van der Waals surface area contributed by atoms with Crippen LogP contribution < -0.4 is 10.9 Å². The number of amides is 1. The fourth-order valence-electron chi connectivity index (χ4n) is 2.54. The zero-order valence-corrected chi connectivity index (χ0v) is 14.9. The van der Waals surface area contributed by atoms with Crippen molar-refractivity contribution >= 4 is 45.8 Å². The number of hydrogen-bond donors (Lipinski definition) is 2. The third-order valence-electron chi connectivity index (χ3n) is 3.73. The molecule has 1 heterocycles. The van der Waals surface area contributed by atoms with Crippen LogP contribution >= 0.6 is 11.6 Å². The minimum atomic E-state index is -0.877. The first-order chi connectivity index (χ1) is 13.3. The zero-order valence-electron chi connectivity index (χ0n) is 14.1. The molecule has 0 unspecified atom stereocenters. The maximum atomic E-state index is 12.3. The number of aromatic amines is 1. The van der Waals surface area contributed by atoms with E-state index in [1.807, 2.05) is 0 Å². The third kappa shape index (κ3) is 4.15. The van der Waals surface area contributed by atoms with Gasteiger partial charge in [-0.2, -0.15) is 0 Å². The molecular weight excluding hydrogens is 390 g/mol. The number of rotatable bonds is 5.